The molecule has 0 aromatic carbocycles. The number of nitrogens with zero attached hydrogens (tertiary/aromatic N) is 3. The van der Waals surface area contributed by atoms with Crippen LogP contribution in [0.5, 0.6) is 0 Å². The molecule has 0 atom stereocenters. The van der Waals surface area contributed by atoms with E-state index < -0.39 is 12.2 Å². The van der Waals surface area contributed by atoms with Crippen molar-refractivity contribution in [2.45, 2.75) is 13.0 Å². The average molecular weight is 253 g/mol. The van der Waals surface area contributed by atoms with Crippen LogP contribution in [0.3, 0.4) is 0 Å². The van der Waals surface area contributed by atoms with Crippen LogP contribution in [-0.2, 0) is 17.7 Å². The molecular weight excluding hydrogens is 242 g/mol. The van der Waals surface area contributed by atoms with Crippen LogP contribution in [0.2, 0.25) is 0 Å². The van der Waals surface area contributed by atoms with Gasteiger partial charge in [-0.2, -0.15) is 0 Å². The molecule has 3 rings (SSSR count). The molecule has 0 radical (unpaired) electrons. The lowest BCUT2D eigenvalue weighted by molar-refractivity contribution is 0.140. The van der Waals surface area contributed by atoms with Gasteiger partial charge in [-0.05, 0) is 0 Å². The summed E-state index contributed by atoms with van der Waals surface area (Å²) < 4.78 is 9.98. The fourth-order valence-corrected chi connectivity index (χ4v) is 2.15. The highest BCUT2D eigenvalue weighted by Crippen LogP contribution is 2.30. The van der Waals surface area contributed by atoms with Gasteiger partial charge in [0.2, 0.25) is 5.88 Å². The van der Waals surface area contributed by atoms with Crippen LogP contribution >= 0.6 is 0 Å². The molecule has 1 saturated heterocycles. The number of hydrogen-bond acceptors (Lipinski definition) is 5. The molecule has 0 spiro atoms. The van der Waals surface area contributed by atoms with Crippen molar-refractivity contribution < 1.29 is 24.0 Å². The maximum absolute atomic E-state index is 11.5. The van der Waals surface area contributed by atoms with E-state index in [2.05, 4.69) is 5.16 Å². The number of rotatable bonds is 1. The highest BCUT2D eigenvalue weighted by atomic mass is 16.6. The fraction of sp³-hybridized carbons (Fsp3) is 0.500. The normalized spacial score (nSPS) is 18.8. The molecule has 0 unspecified atom stereocenters. The minimum atomic E-state index is -0.989. The predicted molar refractivity (Wildman–Crippen MR) is 57.3 cm³/mol. The largest absolute Gasteiger partial charge is 0.465 e. The Balaban J connectivity index is 1.92. The Morgan fingerprint density at radius 3 is 2.89 bits per heavy atom. The second kappa shape index (κ2) is 3.90. The first-order chi connectivity index (χ1) is 8.66. The standard InChI is InChI=1S/C10H11N3O5/c14-9(15)12-2-1-7-6(5-12)8(18-11-7)13-3-4-17-10(13)16/h1-5H2,(H,14,15). The summed E-state index contributed by atoms with van der Waals surface area (Å²) in [5.74, 6) is 0.304. The number of fused-ring (bicyclic) bond motifs is 1. The van der Waals surface area contributed by atoms with Gasteiger partial charge in [-0.15, -0.1) is 0 Å². The molecule has 0 bridgehead atoms. The summed E-state index contributed by atoms with van der Waals surface area (Å²) in [6.45, 7) is 1.27. The number of ether oxygens (including phenoxy) is 1. The molecule has 0 saturated carbocycles. The molecule has 1 aromatic heterocycles. The Labute approximate surface area is 102 Å². The SMILES string of the molecule is O=C(O)N1CCc2noc(N3CCOC3=O)c2C1. The van der Waals surface area contributed by atoms with E-state index in [4.69, 9.17) is 14.4 Å². The summed E-state index contributed by atoms with van der Waals surface area (Å²) in [6.07, 6.45) is -0.980. The lowest BCUT2D eigenvalue weighted by atomic mass is 10.1. The van der Waals surface area contributed by atoms with Crippen molar-refractivity contribution in [1.29, 1.82) is 0 Å². The van der Waals surface area contributed by atoms with Crippen molar-refractivity contribution in [3.05, 3.63) is 11.3 Å². The van der Waals surface area contributed by atoms with E-state index in [1.807, 2.05) is 0 Å². The van der Waals surface area contributed by atoms with Crippen LogP contribution < -0.4 is 4.90 Å². The van der Waals surface area contributed by atoms with Gasteiger partial charge in [0.05, 0.1) is 24.3 Å². The Morgan fingerprint density at radius 1 is 1.39 bits per heavy atom. The quantitative estimate of drug-likeness (QED) is 0.790. The van der Waals surface area contributed by atoms with E-state index in [1.165, 1.54) is 9.80 Å². The Kier molecular flexibility index (Phi) is 2.35. The number of carbonyl (C=O) groups is 2. The van der Waals surface area contributed by atoms with Gasteiger partial charge in [0.1, 0.15) is 6.61 Å². The van der Waals surface area contributed by atoms with Crippen molar-refractivity contribution in [3.8, 4) is 0 Å². The van der Waals surface area contributed by atoms with Gasteiger partial charge in [0, 0.05) is 13.0 Å². The molecule has 1 N–H and O–H groups in total. The number of amides is 2. The second-order valence-corrected chi connectivity index (χ2v) is 4.13. The summed E-state index contributed by atoms with van der Waals surface area (Å²) in [7, 11) is 0. The van der Waals surface area contributed by atoms with E-state index in [-0.39, 0.29) is 6.54 Å². The third-order valence-electron chi connectivity index (χ3n) is 3.09. The average Bonchev–Trinajstić information content (AvgIpc) is 2.93. The molecule has 2 aliphatic rings. The number of anilines is 1. The number of carbonyl (C=O) groups excluding carboxylic acids is 1. The Bertz CT molecular complexity index is 512. The summed E-state index contributed by atoms with van der Waals surface area (Å²) in [6, 6.07) is 0. The monoisotopic (exact) mass is 253 g/mol. The molecule has 96 valence electrons. The number of carboxylic acid groups (broad SMARTS) is 1. The molecule has 3 heterocycles. The van der Waals surface area contributed by atoms with Gasteiger partial charge in [0.25, 0.3) is 0 Å². The van der Waals surface area contributed by atoms with Crippen LogP contribution in [0.15, 0.2) is 4.52 Å². The smallest absolute Gasteiger partial charge is 0.416 e. The van der Waals surface area contributed by atoms with Gasteiger partial charge in [-0.1, -0.05) is 5.16 Å². The van der Waals surface area contributed by atoms with Crippen molar-refractivity contribution >= 4 is 18.1 Å². The van der Waals surface area contributed by atoms with E-state index in [0.717, 1.165) is 0 Å². The zero-order chi connectivity index (χ0) is 12.7. The van der Waals surface area contributed by atoms with Gasteiger partial charge < -0.3 is 19.3 Å². The zero-order valence-electron chi connectivity index (χ0n) is 9.46. The first-order valence-electron chi connectivity index (χ1n) is 5.56. The number of aromatic nitrogens is 1. The molecule has 2 amide bonds. The summed E-state index contributed by atoms with van der Waals surface area (Å²) in [4.78, 5) is 25.0. The lowest BCUT2D eigenvalue weighted by Crippen LogP contribution is -2.35. The van der Waals surface area contributed by atoms with Crippen molar-refractivity contribution in [1.82, 2.24) is 10.1 Å². The van der Waals surface area contributed by atoms with Crippen LogP contribution in [0.4, 0.5) is 15.5 Å². The topological polar surface area (TPSA) is 96.1 Å². The van der Waals surface area contributed by atoms with Crippen LogP contribution in [0.25, 0.3) is 0 Å². The molecule has 2 aliphatic heterocycles. The molecule has 8 heteroatoms. The highest BCUT2D eigenvalue weighted by Gasteiger charge is 2.34. The van der Waals surface area contributed by atoms with Crippen LogP contribution in [0, 0.1) is 0 Å². The lowest BCUT2D eigenvalue weighted by Gasteiger charge is -2.23. The van der Waals surface area contributed by atoms with Gasteiger partial charge in [-0.3, -0.25) is 0 Å². The summed E-state index contributed by atoms with van der Waals surface area (Å²) in [5.41, 5.74) is 1.37. The van der Waals surface area contributed by atoms with Crippen molar-refractivity contribution in [3.63, 3.8) is 0 Å². The maximum atomic E-state index is 11.5. The fourth-order valence-electron chi connectivity index (χ4n) is 2.15. The highest BCUT2D eigenvalue weighted by molar-refractivity contribution is 5.88. The van der Waals surface area contributed by atoms with Gasteiger partial charge in [-0.25, -0.2) is 14.5 Å². The summed E-state index contributed by atoms with van der Waals surface area (Å²) >= 11 is 0. The molecule has 0 aliphatic carbocycles. The predicted octanol–water partition coefficient (Wildman–Crippen LogP) is 0.667. The van der Waals surface area contributed by atoms with Crippen LogP contribution in [0.1, 0.15) is 11.3 Å². The molecule has 1 aromatic rings. The van der Waals surface area contributed by atoms with E-state index in [9.17, 15) is 9.59 Å². The van der Waals surface area contributed by atoms with Gasteiger partial charge >= 0.3 is 12.2 Å². The molecule has 8 nitrogen and oxygen atoms in total. The van der Waals surface area contributed by atoms with Crippen LogP contribution in [-0.4, -0.2) is 47.0 Å². The number of cyclic esters (lactones) is 1. The second-order valence-electron chi connectivity index (χ2n) is 4.13. The zero-order valence-corrected chi connectivity index (χ0v) is 9.46. The number of hydrogen-bond donors (Lipinski definition) is 1. The van der Waals surface area contributed by atoms with E-state index in [1.54, 1.807) is 0 Å². The Hall–Kier alpha value is -2.25. The van der Waals surface area contributed by atoms with Crippen molar-refractivity contribution in [2.24, 2.45) is 0 Å². The van der Waals surface area contributed by atoms with Gasteiger partial charge in [0.15, 0.2) is 0 Å². The van der Waals surface area contributed by atoms with E-state index in [0.29, 0.717) is 43.3 Å². The third-order valence-corrected chi connectivity index (χ3v) is 3.09. The third kappa shape index (κ3) is 1.57. The first-order valence-corrected chi connectivity index (χ1v) is 5.56. The minimum Gasteiger partial charge on any atom is -0.465 e. The first kappa shape index (κ1) is 10.9. The molecular formula is C10H11N3O5. The Morgan fingerprint density at radius 2 is 2.22 bits per heavy atom. The summed E-state index contributed by atoms with van der Waals surface area (Å²) in [5, 5.41) is 12.9. The maximum Gasteiger partial charge on any atom is 0.416 e. The minimum absolute atomic E-state index is 0.188. The molecule has 1 fully saturated rings. The van der Waals surface area contributed by atoms with E-state index >= 15 is 0 Å². The molecule has 18 heavy (non-hydrogen) atoms. The van der Waals surface area contributed by atoms with Crippen molar-refractivity contribution in [2.75, 3.05) is 24.6 Å².